The van der Waals surface area contributed by atoms with Gasteiger partial charge >= 0.3 is 0 Å². The number of hydrogen-bond acceptors (Lipinski definition) is 3. The first kappa shape index (κ1) is 24.1. The number of halogens is 1. The van der Waals surface area contributed by atoms with E-state index in [-0.39, 0.29) is 11.3 Å². The van der Waals surface area contributed by atoms with Gasteiger partial charge in [0.05, 0.1) is 5.02 Å². The van der Waals surface area contributed by atoms with Gasteiger partial charge in [0, 0.05) is 12.1 Å². The number of nitrogens with zero attached hydrogens (tertiary/aromatic N) is 1. The molecule has 184 valence electrons. The van der Waals surface area contributed by atoms with E-state index < -0.39 is 0 Å². The van der Waals surface area contributed by atoms with Crippen LogP contribution in [0.2, 0.25) is 5.02 Å². The van der Waals surface area contributed by atoms with E-state index in [1.54, 1.807) is 24.1 Å². The highest BCUT2D eigenvalue weighted by Crippen LogP contribution is 2.51. The maximum absolute atomic E-state index is 13.3. The summed E-state index contributed by atoms with van der Waals surface area (Å²) in [5.41, 5.74) is 6.36. The lowest BCUT2D eigenvalue weighted by molar-refractivity contribution is 0.0868. The first-order valence-electron chi connectivity index (χ1n) is 12.9. The molecule has 0 radical (unpaired) electrons. The second-order valence-electron chi connectivity index (χ2n) is 11.2. The number of carbonyl (C=O) groups is 1. The molecular formula is C30H35ClN2O2. The summed E-state index contributed by atoms with van der Waals surface area (Å²) in [5.74, 6) is 2.27. The number of amides is 1. The zero-order valence-corrected chi connectivity index (χ0v) is 21.9. The molecule has 5 rings (SSSR count). The normalized spacial score (nSPS) is 23.6. The Morgan fingerprint density at radius 3 is 2.80 bits per heavy atom. The molecule has 1 amide bonds. The second-order valence-corrected chi connectivity index (χ2v) is 11.6. The summed E-state index contributed by atoms with van der Waals surface area (Å²) in [6.45, 7) is 9.30. The zero-order chi connectivity index (χ0) is 24.7. The third-order valence-corrected chi connectivity index (χ3v) is 8.62. The Morgan fingerprint density at radius 2 is 2.03 bits per heavy atom. The van der Waals surface area contributed by atoms with E-state index in [2.05, 4.69) is 49.4 Å². The van der Waals surface area contributed by atoms with E-state index >= 15 is 0 Å². The predicted molar refractivity (Wildman–Crippen MR) is 141 cm³/mol. The Labute approximate surface area is 213 Å². The van der Waals surface area contributed by atoms with Crippen LogP contribution in [0.25, 0.3) is 11.3 Å². The second kappa shape index (κ2) is 9.46. The van der Waals surface area contributed by atoms with E-state index in [1.807, 2.05) is 18.2 Å². The molecule has 0 saturated heterocycles. The van der Waals surface area contributed by atoms with Gasteiger partial charge < -0.3 is 9.84 Å². The summed E-state index contributed by atoms with van der Waals surface area (Å²) in [5, 5.41) is 7.92. The molecule has 1 saturated carbocycles. The quantitative estimate of drug-likeness (QED) is 0.398. The van der Waals surface area contributed by atoms with E-state index in [4.69, 9.17) is 16.1 Å². The minimum Gasteiger partial charge on any atom is -0.360 e. The molecule has 1 heterocycles. The number of nitrogens with one attached hydrogen (secondary N) is 1. The Kier molecular flexibility index (Phi) is 6.52. The van der Waals surface area contributed by atoms with Crippen molar-refractivity contribution in [3.05, 3.63) is 75.5 Å². The molecular weight excluding hydrogens is 456 g/mol. The SMILES string of the molecule is Cc1onc(-c2ccccc2Cl)c1C(=O)NCC1(C)CCC2c3ccc(C(C)C)cc3CCC2C1. The third kappa shape index (κ3) is 4.65. The van der Waals surface area contributed by atoms with Crippen LogP contribution in [-0.2, 0) is 6.42 Å². The molecule has 2 aliphatic rings. The lowest BCUT2D eigenvalue weighted by Crippen LogP contribution is -2.41. The minimum absolute atomic E-state index is 0.0851. The van der Waals surface area contributed by atoms with Crippen LogP contribution in [0.15, 0.2) is 47.0 Å². The third-order valence-electron chi connectivity index (χ3n) is 8.30. The van der Waals surface area contributed by atoms with Crippen LogP contribution in [0, 0.1) is 18.3 Å². The van der Waals surface area contributed by atoms with Crippen molar-refractivity contribution >= 4 is 17.5 Å². The Morgan fingerprint density at radius 1 is 1.23 bits per heavy atom. The van der Waals surface area contributed by atoms with Gasteiger partial charge in [0.2, 0.25) is 0 Å². The number of hydrogen-bond donors (Lipinski definition) is 1. The number of fused-ring (bicyclic) bond motifs is 3. The molecule has 0 bridgehead atoms. The summed E-state index contributed by atoms with van der Waals surface area (Å²) in [7, 11) is 0. The molecule has 1 aromatic heterocycles. The zero-order valence-electron chi connectivity index (χ0n) is 21.2. The maximum Gasteiger partial charge on any atom is 0.257 e. The van der Waals surface area contributed by atoms with Crippen LogP contribution in [0.1, 0.15) is 91.1 Å². The van der Waals surface area contributed by atoms with Crippen LogP contribution in [0.3, 0.4) is 0 Å². The Hall–Kier alpha value is -2.59. The van der Waals surface area contributed by atoms with Gasteiger partial charge in [-0.2, -0.15) is 0 Å². The maximum atomic E-state index is 13.3. The molecule has 2 aliphatic carbocycles. The van der Waals surface area contributed by atoms with Crippen LogP contribution in [0.4, 0.5) is 0 Å². The van der Waals surface area contributed by atoms with E-state index in [9.17, 15) is 4.79 Å². The average molecular weight is 491 g/mol. The van der Waals surface area contributed by atoms with Crippen molar-refractivity contribution in [2.75, 3.05) is 6.54 Å². The lowest BCUT2D eigenvalue weighted by Gasteiger charge is -2.46. The van der Waals surface area contributed by atoms with Crippen molar-refractivity contribution in [3.8, 4) is 11.3 Å². The molecule has 1 N–H and O–H groups in total. The number of rotatable bonds is 5. The number of aromatic nitrogens is 1. The van der Waals surface area contributed by atoms with Gasteiger partial charge in [-0.05, 0) is 85.0 Å². The fraction of sp³-hybridized carbons (Fsp3) is 0.467. The van der Waals surface area contributed by atoms with Crippen molar-refractivity contribution in [3.63, 3.8) is 0 Å². The molecule has 5 heteroatoms. The minimum atomic E-state index is -0.141. The van der Waals surface area contributed by atoms with Crippen LogP contribution >= 0.6 is 11.6 Å². The summed E-state index contributed by atoms with van der Waals surface area (Å²) < 4.78 is 5.40. The largest absolute Gasteiger partial charge is 0.360 e. The monoisotopic (exact) mass is 490 g/mol. The fourth-order valence-corrected chi connectivity index (χ4v) is 6.48. The van der Waals surface area contributed by atoms with Gasteiger partial charge in [0.25, 0.3) is 5.91 Å². The molecule has 4 nitrogen and oxygen atoms in total. The van der Waals surface area contributed by atoms with Gasteiger partial charge in [-0.25, -0.2) is 0 Å². The van der Waals surface area contributed by atoms with E-state index in [0.717, 1.165) is 12.8 Å². The van der Waals surface area contributed by atoms with E-state index in [0.29, 0.717) is 51.9 Å². The molecule has 35 heavy (non-hydrogen) atoms. The summed E-state index contributed by atoms with van der Waals surface area (Å²) in [6, 6.07) is 14.6. The standard InChI is InChI=1S/C30H35ClN2O2/c1-18(2)20-11-12-23-21(15-20)9-10-22-16-30(4,14-13-24(22)23)17-32-29(34)27-19(3)35-33-28(27)25-7-5-6-8-26(25)31/h5-8,11-12,15,18,22,24H,9-10,13-14,16-17H2,1-4H3,(H,32,34). The summed E-state index contributed by atoms with van der Waals surface area (Å²) >= 11 is 6.38. The number of aryl methyl sites for hydroxylation is 2. The number of carbonyl (C=O) groups excluding carboxylic acids is 1. The van der Waals surface area contributed by atoms with Gasteiger partial charge in [0.15, 0.2) is 0 Å². The predicted octanol–water partition coefficient (Wildman–Crippen LogP) is 7.69. The van der Waals surface area contributed by atoms with Crippen LogP contribution < -0.4 is 5.32 Å². The highest BCUT2D eigenvalue weighted by Gasteiger charge is 2.41. The van der Waals surface area contributed by atoms with Crippen molar-refractivity contribution in [1.29, 1.82) is 0 Å². The van der Waals surface area contributed by atoms with Crippen LogP contribution in [0.5, 0.6) is 0 Å². The van der Waals surface area contributed by atoms with Gasteiger partial charge in [-0.3, -0.25) is 4.79 Å². The van der Waals surface area contributed by atoms with Crippen molar-refractivity contribution in [2.24, 2.45) is 11.3 Å². The molecule has 3 unspecified atom stereocenters. The topological polar surface area (TPSA) is 55.1 Å². The van der Waals surface area contributed by atoms with Gasteiger partial charge in [0.1, 0.15) is 17.0 Å². The molecule has 0 aliphatic heterocycles. The van der Waals surface area contributed by atoms with Crippen molar-refractivity contribution < 1.29 is 9.32 Å². The summed E-state index contributed by atoms with van der Waals surface area (Å²) in [4.78, 5) is 13.3. The van der Waals surface area contributed by atoms with Gasteiger partial charge in [-0.15, -0.1) is 0 Å². The highest BCUT2D eigenvalue weighted by atomic mass is 35.5. The molecule has 0 spiro atoms. The van der Waals surface area contributed by atoms with Crippen LogP contribution in [-0.4, -0.2) is 17.6 Å². The molecule has 2 aromatic carbocycles. The fourth-order valence-electron chi connectivity index (χ4n) is 6.25. The van der Waals surface area contributed by atoms with Crippen molar-refractivity contribution in [2.45, 2.75) is 71.6 Å². The molecule has 3 atom stereocenters. The highest BCUT2D eigenvalue weighted by molar-refractivity contribution is 6.33. The first-order chi connectivity index (χ1) is 16.8. The lowest BCUT2D eigenvalue weighted by atomic mass is 9.60. The smallest absolute Gasteiger partial charge is 0.257 e. The Bertz CT molecular complexity index is 1250. The Balaban J connectivity index is 1.28. The molecule has 3 aromatic rings. The molecule has 1 fully saturated rings. The number of benzene rings is 2. The van der Waals surface area contributed by atoms with Gasteiger partial charge in [-0.1, -0.05) is 73.9 Å². The average Bonchev–Trinajstić information content (AvgIpc) is 3.23. The van der Waals surface area contributed by atoms with E-state index in [1.165, 1.54) is 24.8 Å². The van der Waals surface area contributed by atoms with Crippen molar-refractivity contribution in [1.82, 2.24) is 10.5 Å². The first-order valence-corrected chi connectivity index (χ1v) is 13.3. The summed E-state index contributed by atoms with van der Waals surface area (Å²) in [6.07, 6.45) is 5.84.